The highest BCUT2D eigenvalue weighted by Gasteiger charge is 2.48. The van der Waals surface area contributed by atoms with Gasteiger partial charge in [0.2, 0.25) is 18.4 Å². The summed E-state index contributed by atoms with van der Waals surface area (Å²) in [6, 6.07) is 11.5. The van der Waals surface area contributed by atoms with E-state index in [-0.39, 0.29) is 37.2 Å². The number of methoxy groups -OCH3 is 1. The predicted molar refractivity (Wildman–Crippen MR) is 154 cm³/mol. The number of ether oxygens (including phenoxy) is 3. The van der Waals surface area contributed by atoms with Crippen molar-refractivity contribution in [3.63, 3.8) is 0 Å². The summed E-state index contributed by atoms with van der Waals surface area (Å²) in [5, 5.41) is 22.9. The number of halogens is 1. The molecule has 2 heterocycles. The van der Waals surface area contributed by atoms with Crippen molar-refractivity contribution < 1.29 is 43.2 Å². The zero-order valence-electron chi connectivity index (χ0n) is 24.1. The van der Waals surface area contributed by atoms with Gasteiger partial charge in [-0.1, -0.05) is 26.0 Å². The lowest BCUT2D eigenvalue weighted by Crippen LogP contribution is -2.35. The lowest BCUT2D eigenvalue weighted by Gasteiger charge is -2.27. The van der Waals surface area contributed by atoms with Crippen molar-refractivity contribution in [3.8, 4) is 17.2 Å². The van der Waals surface area contributed by atoms with Crippen LogP contribution in [0.5, 0.6) is 17.2 Å². The van der Waals surface area contributed by atoms with Gasteiger partial charge in [-0.2, -0.15) is 0 Å². The molecule has 5 rings (SSSR count). The Balaban J connectivity index is 1.53. The predicted octanol–water partition coefficient (Wildman–Crippen LogP) is 4.87. The monoisotopic (exact) mass is 592 g/mol. The highest BCUT2D eigenvalue weighted by molar-refractivity contribution is 5.94. The Morgan fingerprint density at radius 1 is 1.00 bits per heavy atom. The Morgan fingerprint density at radius 3 is 2.26 bits per heavy atom. The van der Waals surface area contributed by atoms with E-state index < -0.39 is 29.8 Å². The van der Waals surface area contributed by atoms with Crippen LogP contribution >= 0.6 is 0 Å². The zero-order chi connectivity index (χ0) is 30.8. The third-order valence-corrected chi connectivity index (χ3v) is 8.13. The van der Waals surface area contributed by atoms with Crippen LogP contribution in [0.1, 0.15) is 58.4 Å². The molecule has 0 radical (unpaired) electrons. The molecule has 2 aliphatic heterocycles. The average molecular weight is 593 g/mol. The summed E-state index contributed by atoms with van der Waals surface area (Å²) in [6.45, 7) is 3.81. The van der Waals surface area contributed by atoms with Gasteiger partial charge in [-0.3, -0.25) is 14.5 Å². The van der Waals surface area contributed by atoms with E-state index in [9.17, 15) is 29.0 Å². The van der Waals surface area contributed by atoms with Crippen molar-refractivity contribution in [2.24, 2.45) is 5.92 Å². The number of aromatic carboxylic acids is 1. The molecule has 3 atom stereocenters. The quantitative estimate of drug-likeness (QED) is 0.302. The van der Waals surface area contributed by atoms with Gasteiger partial charge in [0.15, 0.2) is 11.5 Å². The number of aliphatic carboxylic acids is 1. The van der Waals surface area contributed by atoms with Crippen LogP contribution in [0.4, 0.5) is 10.1 Å². The normalized spacial score (nSPS) is 19.3. The second kappa shape index (κ2) is 12.3. The first-order valence-corrected chi connectivity index (χ1v) is 14.0. The van der Waals surface area contributed by atoms with Crippen molar-refractivity contribution in [3.05, 3.63) is 82.2 Å². The molecule has 3 aromatic rings. The highest BCUT2D eigenvalue weighted by Crippen LogP contribution is 2.50. The summed E-state index contributed by atoms with van der Waals surface area (Å²) in [7, 11) is 1.48. The van der Waals surface area contributed by atoms with E-state index in [1.165, 1.54) is 31.4 Å². The number of likely N-dealkylation sites (tertiary alicyclic amines) is 1. The van der Waals surface area contributed by atoms with Gasteiger partial charge in [-0.05, 0) is 71.5 Å². The first-order chi connectivity index (χ1) is 20.6. The van der Waals surface area contributed by atoms with Crippen molar-refractivity contribution in [1.29, 1.82) is 0 Å². The van der Waals surface area contributed by atoms with E-state index in [1.54, 1.807) is 29.2 Å². The maximum absolute atomic E-state index is 14.2. The SMILES string of the molecule is CCc1cc(F)cc(CC)c1NC(=O)CN1C[C@H](c2cc(OC)c3c(c2)OCO3)[C@@H](C(=O)O)[C@@H]1c1ccc(C(=O)O)cc1. The van der Waals surface area contributed by atoms with Gasteiger partial charge >= 0.3 is 11.9 Å². The number of hydrogen-bond donors (Lipinski definition) is 3. The summed E-state index contributed by atoms with van der Waals surface area (Å²) in [4.78, 5) is 39.7. The molecule has 11 heteroatoms. The van der Waals surface area contributed by atoms with Gasteiger partial charge in [0.05, 0.1) is 25.1 Å². The van der Waals surface area contributed by atoms with Crippen LogP contribution in [-0.2, 0) is 22.4 Å². The van der Waals surface area contributed by atoms with Crippen molar-refractivity contribution in [2.45, 2.75) is 38.6 Å². The fourth-order valence-corrected chi connectivity index (χ4v) is 6.12. The smallest absolute Gasteiger partial charge is 0.335 e. The summed E-state index contributed by atoms with van der Waals surface area (Å²) in [5.41, 5.74) is 3.16. The first kappa shape index (κ1) is 29.8. The molecule has 0 aliphatic carbocycles. The summed E-state index contributed by atoms with van der Waals surface area (Å²) < 4.78 is 30.8. The molecule has 3 N–H and O–H groups in total. The van der Waals surface area contributed by atoms with Gasteiger partial charge < -0.3 is 29.7 Å². The second-order valence-electron chi connectivity index (χ2n) is 10.6. The van der Waals surface area contributed by atoms with Crippen LogP contribution in [-0.4, -0.2) is 60.0 Å². The summed E-state index contributed by atoms with van der Waals surface area (Å²) in [5.74, 6) is -3.23. The minimum atomic E-state index is -1.10. The lowest BCUT2D eigenvalue weighted by molar-refractivity contribution is -0.143. The van der Waals surface area contributed by atoms with Gasteiger partial charge in [-0.25, -0.2) is 9.18 Å². The lowest BCUT2D eigenvalue weighted by atomic mass is 9.82. The van der Waals surface area contributed by atoms with Crippen LogP contribution in [0, 0.1) is 11.7 Å². The van der Waals surface area contributed by atoms with Gasteiger partial charge in [-0.15, -0.1) is 0 Å². The average Bonchev–Trinajstić information content (AvgIpc) is 3.62. The number of carbonyl (C=O) groups excluding carboxylic acids is 1. The van der Waals surface area contributed by atoms with Gasteiger partial charge in [0.25, 0.3) is 0 Å². The molecule has 226 valence electrons. The summed E-state index contributed by atoms with van der Waals surface area (Å²) >= 11 is 0. The molecule has 1 saturated heterocycles. The van der Waals surface area contributed by atoms with Gasteiger partial charge in [0, 0.05) is 24.2 Å². The Morgan fingerprint density at radius 2 is 1.67 bits per heavy atom. The second-order valence-corrected chi connectivity index (χ2v) is 10.6. The number of anilines is 1. The van der Waals surface area contributed by atoms with Crippen LogP contribution in [0.25, 0.3) is 0 Å². The fourth-order valence-electron chi connectivity index (χ4n) is 6.12. The third kappa shape index (κ3) is 5.85. The Kier molecular flexibility index (Phi) is 8.54. The van der Waals surface area contributed by atoms with Crippen LogP contribution in [0.15, 0.2) is 48.5 Å². The van der Waals surface area contributed by atoms with E-state index in [2.05, 4.69) is 5.32 Å². The molecule has 10 nitrogen and oxygen atoms in total. The Labute approximate surface area is 248 Å². The van der Waals surface area contributed by atoms with E-state index in [0.29, 0.717) is 58.0 Å². The first-order valence-electron chi connectivity index (χ1n) is 14.0. The Hall–Kier alpha value is -4.64. The molecule has 3 aromatic carbocycles. The molecule has 43 heavy (non-hydrogen) atoms. The number of carboxylic acids is 2. The number of nitrogens with one attached hydrogen (secondary N) is 1. The number of carboxylic acid groups (broad SMARTS) is 2. The molecule has 0 aromatic heterocycles. The largest absolute Gasteiger partial charge is 0.493 e. The highest BCUT2D eigenvalue weighted by atomic mass is 19.1. The number of rotatable bonds is 10. The van der Waals surface area contributed by atoms with Crippen molar-refractivity contribution >= 4 is 23.5 Å². The topological polar surface area (TPSA) is 135 Å². The van der Waals surface area contributed by atoms with Crippen LogP contribution in [0.3, 0.4) is 0 Å². The molecule has 0 bridgehead atoms. The van der Waals surface area contributed by atoms with Crippen LogP contribution < -0.4 is 19.5 Å². The molecule has 1 amide bonds. The van der Waals surface area contributed by atoms with Crippen molar-refractivity contribution in [2.75, 3.05) is 32.3 Å². The number of fused-ring (bicyclic) bond motifs is 1. The number of nitrogens with zero attached hydrogens (tertiary/aromatic N) is 1. The maximum atomic E-state index is 14.2. The van der Waals surface area contributed by atoms with Crippen molar-refractivity contribution in [1.82, 2.24) is 4.90 Å². The van der Waals surface area contributed by atoms with E-state index in [0.717, 1.165) is 0 Å². The maximum Gasteiger partial charge on any atom is 0.335 e. The standard InChI is InChI=1S/C32H33FN2O8/c1-4-17-10-22(33)11-18(5-2)28(17)34-26(36)15-35-14-23(21-12-24(41-3)30-25(13-21)42-16-43-30)27(32(39)40)29(35)19-6-8-20(9-7-19)31(37)38/h6-13,23,27,29H,4-5,14-16H2,1-3H3,(H,34,36)(H,37,38)(H,39,40)/t23-,27-,29+/m1/s1. The minimum absolute atomic E-state index is 0.00982. The molecular weight excluding hydrogens is 559 g/mol. The minimum Gasteiger partial charge on any atom is -0.493 e. The third-order valence-electron chi connectivity index (χ3n) is 8.13. The number of amides is 1. The summed E-state index contributed by atoms with van der Waals surface area (Å²) in [6.07, 6.45) is 1.02. The van der Waals surface area contributed by atoms with Gasteiger partial charge in [0.1, 0.15) is 5.82 Å². The Bertz CT molecular complexity index is 1530. The van der Waals surface area contributed by atoms with Crippen LogP contribution in [0.2, 0.25) is 0 Å². The zero-order valence-corrected chi connectivity index (χ0v) is 24.1. The molecule has 1 fully saturated rings. The molecular formula is C32H33FN2O8. The number of benzene rings is 3. The van der Waals surface area contributed by atoms with E-state index >= 15 is 0 Å². The molecule has 2 aliphatic rings. The number of aryl methyl sites for hydroxylation is 2. The molecule has 0 spiro atoms. The molecule has 0 unspecified atom stereocenters. The van der Waals surface area contributed by atoms with E-state index in [1.807, 2.05) is 13.8 Å². The number of hydrogen-bond acceptors (Lipinski definition) is 7. The number of carbonyl (C=O) groups is 3. The molecule has 0 saturated carbocycles. The van der Waals surface area contributed by atoms with E-state index in [4.69, 9.17) is 14.2 Å². The fraction of sp³-hybridized carbons (Fsp3) is 0.344.